The van der Waals surface area contributed by atoms with Crippen LogP contribution < -0.4 is 65.6 Å². The lowest BCUT2D eigenvalue weighted by atomic mass is 10.0. The van der Waals surface area contributed by atoms with E-state index < -0.39 is 113 Å². The zero-order valence-corrected chi connectivity index (χ0v) is 41.0. The van der Waals surface area contributed by atoms with E-state index in [1.165, 1.54) is 23.6 Å². The highest BCUT2D eigenvalue weighted by Gasteiger charge is 2.40. The van der Waals surface area contributed by atoms with Gasteiger partial charge in [-0.25, -0.2) is 15.1 Å². The Kier molecular flexibility index (Phi) is 26.2. The van der Waals surface area contributed by atoms with Crippen LogP contribution in [0.25, 0.3) is 0 Å². The average molecular weight is 1020 g/mol. The summed E-state index contributed by atoms with van der Waals surface area (Å²) in [5.41, 5.74) is 23.8. The summed E-state index contributed by atoms with van der Waals surface area (Å²) < 4.78 is 0. The van der Waals surface area contributed by atoms with E-state index in [1.807, 2.05) is 6.26 Å². The Morgan fingerprint density at radius 1 is 0.824 bits per heavy atom. The topological polar surface area (TPSA) is 425 Å². The fourth-order valence-corrected chi connectivity index (χ4v) is 9.65. The van der Waals surface area contributed by atoms with Gasteiger partial charge in [0.15, 0.2) is 11.0 Å². The van der Waals surface area contributed by atoms with Gasteiger partial charge < -0.3 is 65.1 Å². The molecule has 382 valence electrons. The summed E-state index contributed by atoms with van der Waals surface area (Å²) >= 11 is 1.42. The third-order valence-electron chi connectivity index (χ3n) is 10.1. The number of hydrazine groups is 1. The van der Waals surface area contributed by atoms with Crippen LogP contribution in [-0.4, -0.2) is 167 Å². The summed E-state index contributed by atoms with van der Waals surface area (Å²) in [4.78, 5) is 141. The first-order chi connectivity index (χ1) is 32.1. The van der Waals surface area contributed by atoms with Crippen LogP contribution in [0.1, 0.15) is 72.1 Å². The normalized spacial score (nSPS) is 24.5. The zero-order chi connectivity index (χ0) is 50.9. The Bertz CT molecular complexity index is 1860. The van der Waals surface area contributed by atoms with Crippen LogP contribution >= 0.6 is 33.3 Å². The number of hydrogen-bond donors (Lipinski definition) is 12. The molecule has 2 heterocycles. The number of nitrogens with zero attached hydrogens (tertiary/aromatic N) is 4. The first-order valence-corrected chi connectivity index (χ1v) is 25.7. The van der Waals surface area contributed by atoms with E-state index in [0.717, 1.165) is 21.6 Å². The minimum absolute atomic E-state index is 0.0169. The molecule has 2 saturated heterocycles. The molecule has 0 aromatic heterocycles. The average Bonchev–Trinajstić information content (AvgIpc) is 3.75. The maximum Gasteiger partial charge on any atom is 0.251 e. The lowest BCUT2D eigenvalue weighted by Crippen LogP contribution is -2.59. The number of hydrogen-bond acceptors (Lipinski definition) is 16. The van der Waals surface area contributed by atoms with Crippen molar-refractivity contribution < 1.29 is 48.2 Å². The van der Waals surface area contributed by atoms with E-state index in [-0.39, 0.29) is 88.0 Å². The van der Waals surface area contributed by atoms with Crippen LogP contribution in [0.15, 0.2) is 9.98 Å². The van der Waals surface area contributed by atoms with Gasteiger partial charge in [-0.1, -0.05) is 40.9 Å². The fourth-order valence-electron chi connectivity index (χ4n) is 6.84. The quantitative estimate of drug-likeness (QED) is 0.0174. The second-order valence-electron chi connectivity index (χ2n) is 16.1. The molecule has 27 nitrogen and oxygen atoms in total. The molecule has 0 aliphatic carbocycles. The molecular weight excluding hydrogens is 953 g/mol. The van der Waals surface area contributed by atoms with Gasteiger partial charge in [-0.3, -0.25) is 48.1 Å². The van der Waals surface area contributed by atoms with Gasteiger partial charge in [-0.05, 0) is 69.3 Å². The molecule has 0 aromatic rings. The van der Waals surface area contributed by atoms with Gasteiger partial charge in [0, 0.05) is 38.1 Å². The van der Waals surface area contributed by atoms with Crippen molar-refractivity contribution in [3.63, 3.8) is 0 Å². The lowest BCUT2D eigenvalue weighted by molar-refractivity contribution is -0.525. The molecule has 2 rings (SSSR count). The van der Waals surface area contributed by atoms with Crippen LogP contribution in [0.5, 0.6) is 0 Å². The van der Waals surface area contributed by atoms with Crippen LogP contribution in [0, 0.1) is 16.0 Å². The largest absolute Gasteiger partial charge is 0.370 e. The molecule has 0 bridgehead atoms. The Labute approximate surface area is 405 Å². The maximum atomic E-state index is 14.3. The molecule has 2 aliphatic rings. The number of carbonyl (C=O) groups is 9. The van der Waals surface area contributed by atoms with E-state index in [9.17, 15) is 53.3 Å². The molecule has 0 aromatic carbocycles. The highest BCUT2D eigenvalue weighted by Crippen LogP contribution is 2.24. The van der Waals surface area contributed by atoms with Gasteiger partial charge >= 0.3 is 0 Å². The van der Waals surface area contributed by atoms with Crippen molar-refractivity contribution in [2.75, 3.05) is 49.7 Å². The number of fused-ring (bicyclic) bond motifs is 1. The van der Waals surface area contributed by atoms with Gasteiger partial charge in [0.25, 0.3) is 5.96 Å². The van der Waals surface area contributed by atoms with Gasteiger partial charge in [0.1, 0.15) is 42.3 Å². The summed E-state index contributed by atoms with van der Waals surface area (Å²) in [6.45, 7) is 4.20. The van der Waals surface area contributed by atoms with Crippen molar-refractivity contribution in [3.05, 3.63) is 10.1 Å². The molecule has 9 amide bonds. The SMILES string of the molecule is CSCC[C@@H]1NC(=O)[C@H](NC(C)=O)CSSC[C@@H](C(N)=O)NC(=O)CNC(=O)[C@H](CCCN=C(N)N[N+](=O)[O-])NC(=O)[C@H](CC(C)C)NC(=O)[C@H](CCCN=C(N)N)NC(=O)[C@@H]2CCCN2C1=O. The number of guanidine groups is 2. The predicted octanol–water partition coefficient (Wildman–Crippen LogP) is -4.37. The molecule has 30 heteroatoms. The van der Waals surface area contributed by atoms with Crippen LogP contribution in [-0.2, 0) is 43.2 Å². The van der Waals surface area contributed by atoms with Gasteiger partial charge in [0.05, 0.1) is 6.54 Å². The molecule has 7 atom stereocenters. The lowest BCUT2D eigenvalue weighted by Gasteiger charge is -2.31. The summed E-state index contributed by atoms with van der Waals surface area (Å²) in [7, 11) is 2.12. The Hall–Kier alpha value is -5.78. The predicted molar refractivity (Wildman–Crippen MR) is 257 cm³/mol. The Balaban J connectivity index is 2.62. The number of nitrogens with one attached hydrogen (secondary N) is 8. The van der Waals surface area contributed by atoms with Crippen molar-refractivity contribution >= 4 is 98.4 Å². The van der Waals surface area contributed by atoms with E-state index >= 15 is 0 Å². The Morgan fingerprint density at radius 2 is 1.41 bits per heavy atom. The summed E-state index contributed by atoms with van der Waals surface area (Å²) in [5.74, 6) is -7.29. The Morgan fingerprint density at radius 3 is 2.01 bits per heavy atom. The van der Waals surface area contributed by atoms with E-state index in [4.69, 9.17) is 22.9 Å². The van der Waals surface area contributed by atoms with Gasteiger partial charge in [-0.15, -0.1) is 0 Å². The first kappa shape index (κ1) is 58.3. The molecular formula is C38H66N16O11S3. The fraction of sp³-hybridized carbons (Fsp3) is 0.711. The van der Waals surface area contributed by atoms with Crippen LogP contribution in [0.4, 0.5) is 0 Å². The molecule has 16 N–H and O–H groups in total. The number of primary amides is 1. The minimum atomic E-state index is -1.37. The van der Waals surface area contributed by atoms with Gasteiger partial charge in [0.2, 0.25) is 53.2 Å². The number of nitrogens with two attached hydrogens (primary N) is 4. The highest BCUT2D eigenvalue weighted by molar-refractivity contribution is 8.76. The first-order valence-electron chi connectivity index (χ1n) is 21.8. The molecule has 68 heavy (non-hydrogen) atoms. The number of thioether (sulfide) groups is 1. The number of rotatable bonds is 16. The van der Waals surface area contributed by atoms with Crippen molar-refractivity contribution in [1.82, 2.24) is 47.5 Å². The summed E-state index contributed by atoms with van der Waals surface area (Å²) in [6.07, 6.45) is 2.77. The second kappa shape index (κ2) is 30.6. The summed E-state index contributed by atoms with van der Waals surface area (Å²) in [6, 6.07) is -8.51. The molecule has 0 unspecified atom stereocenters. The number of aliphatic imine (C=N–C) groups is 2. The molecule has 2 aliphatic heterocycles. The monoisotopic (exact) mass is 1020 g/mol. The zero-order valence-electron chi connectivity index (χ0n) is 38.5. The van der Waals surface area contributed by atoms with Crippen LogP contribution in [0.3, 0.4) is 0 Å². The van der Waals surface area contributed by atoms with E-state index in [2.05, 4.69) is 47.2 Å². The smallest absolute Gasteiger partial charge is 0.251 e. The van der Waals surface area contributed by atoms with Crippen molar-refractivity contribution in [2.45, 2.75) is 114 Å². The standard InChI is InChI=1S/C38H66N16O11S3/c1-20(2)16-25-33(60)48-22(8-6-13-44-38(42)52-54(64)65)31(58)45-17-29(56)47-26(30(39)57)18-67-68-19-27(46-21(3)55)34(61)50-24(11-15-66-4)36(63)53-14-7-10-28(53)35(62)49-23(32(59)51-25)9-5-12-43-37(40)41/h20,22-28H,5-19H2,1-4H3,(H2,39,57)(H,45,58)(H,46,55)(H,47,56)(H,48,60)(H,49,62)(H,50,61)(H,51,59)(H4,40,41,43)(H3,42,44,52)/t22-,23-,24-,25-,26-,27+,28-/m0/s1. The maximum absolute atomic E-state index is 14.3. The second-order valence-corrected chi connectivity index (χ2v) is 19.7. The van der Waals surface area contributed by atoms with Crippen LogP contribution in [0.2, 0.25) is 0 Å². The van der Waals surface area contributed by atoms with Crippen molar-refractivity contribution in [2.24, 2.45) is 38.8 Å². The van der Waals surface area contributed by atoms with Crippen molar-refractivity contribution in [1.29, 1.82) is 0 Å². The highest BCUT2D eigenvalue weighted by atomic mass is 33.1. The van der Waals surface area contributed by atoms with Gasteiger partial charge in [-0.2, -0.15) is 11.8 Å². The van der Waals surface area contributed by atoms with E-state index in [0.29, 0.717) is 12.2 Å². The van der Waals surface area contributed by atoms with Crippen molar-refractivity contribution in [3.8, 4) is 0 Å². The summed E-state index contributed by atoms with van der Waals surface area (Å²) in [5, 5.41) is 28.0. The number of amides is 9. The number of nitro groups is 1. The molecule has 0 radical (unpaired) electrons. The minimum Gasteiger partial charge on any atom is -0.370 e. The van der Waals surface area contributed by atoms with E-state index in [1.54, 1.807) is 19.3 Å². The molecule has 0 spiro atoms. The third kappa shape index (κ3) is 21.9. The molecule has 0 saturated carbocycles. The molecule has 2 fully saturated rings. The third-order valence-corrected chi connectivity index (χ3v) is 13.2. The number of carbonyl (C=O) groups excluding carboxylic acids is 9.